The molecule has 0 aliphatic heterocycles. The molecule has 3 heteroatoms. The van der Waals surface area contributed by atoms with Crippen LogP contribution in [0.2, 0.25) is 0 Å². The van der Waals surface area contributed by atoms with Gasteiger partial charge in [0, 0.05) is 14.6 Å². The Morgan fingerprint density at radius 3 is 2.73 bits per heavy atom. The molecule has 0 nitrogen and oxygen atoms in total. The van der Waals surface area contributed by atoms with Gasteiger partial charge in [-0.1, -0.05) is 22.0 Å². The lowest BCUT2D eigenvalue weighted by atomic mass is 10.3. The van der Waals surface area contributed by atoms with Gasteiger partial charge in [-0.3, -0.25) is 0 Å². The summed E-state index contributed by atoms with van der Waals surface area (Å²) in [6.07, 6.45) is 0. The number of rotatable bonds is 0. The summed E-state index contributed by atoms with van der Waals surface area (Å²) < 4.78 is 3.66. The largest absolute Gasteiger partial charge is 0.128 e. The molecular formula is C8H4Br2S. The van der Waals surface area contributed by atoms with Crippen molar-refractivity contribution in [2.24, 2.45) is 0 Å². The molecule has 0 N–H and O–H groups in total. The molecule has 0 saturated carbocycles. The average Bonchev–Trinajstić information content (AvgIpc) is 2.31. The van der Waals surface area contributed by atoms with Crippen LogP contribution in [0.15, 0.2) is 32.5 Å². The van der Waals surface area contributed by atoms with Gasteiger partial charge in [0.2, 0.25) is 0 Å². The van der Waals surface area contributed by atoms with Gasteiger partial charge in [-0.05, 0) is 34.1 Å². The van der Waals surface area contributed by atoms with Crippen molar-refractivity contribution in [1.82, 2.24) is 0 Å². The molecule has 2 rings (SSSR count). The minimum atomic E-state index is 1.16. The number of hydrogen-bond acceptors (Lipinski definition) is 1. The Kier molecular flexibility index (Phi) is 2.04. The van der Waals surface area contributed by atoms with Crippen molar-refractivity contribution in [3.05, 3.63) is 32.5 Å². The van der Waals surface area contributed by atoms with Crippen molar-refractivity contribution in [3.8, 4) is 0 Å². The molecule has 0 atom stereocenters. The highest BCUT2D eigenvalue weighted by atomic mass is 79.9. The van der Waals surface area contributed by atoms with E-state index in [0.717, 1.165) is 4.47 Å². The van der Waals surface area contributed by atoms with Crippen LogP contribution >= 0.6 is 43.2 Å². The van der Waals surface area contributed by atoms with E-state index in [1.807, 2.05) is 0 Å². The summed E-state index contributed by atoms with van der Waals surface area (Å²) in [4.78, 5) is 0. The van der Waals surface area contributed by atoms with E-state index in [0.29, 0.717) is 0 Å². The zero-order valence-electron chi connectivity index (χ0n) is 5.47. The second-order valence-electron chi connectivity index (χ2n) is 2.20. The third-order valence-corrected chi connectivity index (χ3v) is 3.77. The Morgan fingerprint density at radius 2 is 2.00 bits per heavy atom. The van der Waals surface area contributed by atoms with Gasteiger partial charge >= 0.3 is 0 Å². The lowest BCUT2D eigenvalue weighted by Gasteiger charge is -1.89. The van der Waals surface area contributed by atoms with Crippen LogP contribution in [0.5, 0.6) is 0 Å². The first-order valence-corrected chi connectivity index (χ1v) is 5.51. The van der Waals surface area contributed by atoms with Crippen LogP contribution in [-0.4, -0.2) is 0 Å². The van der Waals surface area contributed by atoms with Gasteiger partial charge in [-0.2, -0.15) is 0 Å². The molecule has 1 aromatic carbocycles. The fraction of sp³-hybridized carbons (Fsp3) is 0. The molecule has 0 aliphatic rings. The molecule has 56 valence electrons. The molecule has 0 unspecified atom stereocenters. The van der Waals surface area contributed by atoms with Crippen LogP contribution in [-0.2, 0) is 0 Å². The van der Waals surface area contributed by atoms with E-state index in [1.54, 1.807) is 11.3 Å². The van der Waals surface area contributed by atoms with Crippen LogP contribution in [0, 0.1) is 0 Å². The van der Waals surface area contributed by atoms with Crippen LogP contribution in [0.25, 0.3) is 10.1 Å². The topological polar surface area (TPSA) is 0 Å². The molecule has 1 aromatic heterocycles. The van der Waals surface area contributed by atoms with E-state index in [-0.39, 0.29) is 0 Å². The fourth-order valence-corrected chi connectivity index (χ4v) is 3.17. The maximum atomic E-state index is 3.50. The molecular weight excluding hydrogens is 288 g/mol. The van der Waals surface area contributed by atoms with Crippen molar-refractivity contribution in [3.63, 3.8) is 0 Å². The van der Waals surface area contributed by atoms with Gasteiger partial charge in [0.05, 0.1) is 3.79 Å². The molecule has 2 aromatic rings. The van der Waals surface area contributed by atoms with E-state index < -0.39 is 0 Å². The summed E-state index contributed by atoms with van der Waals surface area (Å²) in [5.74, 6) is 0. The van der Waals surface area contributed by atoms with Crippen molar-refractivity contribution in [1.29, 1.82) is 0 Å². The molecule has 0 amide bonds. The predicted molar refractivity (Wildman–Crippen MR) is 57.2 cm³/mol. The summed E-state index contributed by atoms with van der Waals surface area (Å²) in [5, 5.41) is 1.28. The minimum absolute atomic E-state index is 1.16. The molecule has 0 aliphatic carbocycles. The number of halogens is 2. The normalized spacial score (nSPS) is 10.7. The second-order valence-corrected chi connectivity index (χ2v) is 5.52. The lowest BCUT2D eigenvalue weighted by Crippen LogP contribution is -1.63. The third kappa shape index (κ3) is 1.37. The molecule has 0 radical (unpaired) electrons. The maximum absolute atomic E-state index is 3.50. The first-order valence-electron chi connectivity index (χ1n) is 3.11. The molecule has 0 fully saturated rings. The quantitative estimate of drug-likeness (QED) is 0.674. The molecule has 1 heterocycles. The van der Waals surface area contributed by atoms with E-state index in [9.17, 15) is 0 Å². The Hall–Kier alpha value is 0.140. The Labute approximate surface area is 85.5 Å². The van der Waals surface area contributed by atoms with E-state index in [4.69, 9.17) is 0 Å². The van der Waals surface area contributed by atoms with E-state index in [2.05, 4.69) is 56.1 Å². The highest BCUT2D eigenvalue weighted by molar-refractivity contribution is 9.11. The smallest absolute Gasteiger partial charge is 0.0711 e. The van der Waals surface area contributed by atoms with Crippen molar-refractivity contribution in [2.45, 2.75) is 0 Å². The molecule has 0 saturated heterocycles. The third-order valence-electron chi connectivity index (χ3n) is 1.48. The lowest BCUT2D eigenvalue weighted by molar-refractivity contribution is 1.78. The Balaban J connectivity index is 2.90. The first-order chi connectivity index (χ1) is 5.27. The van der Waals surface area contributed by atoms with Crippen LogP contribution in [0.1, 0.15) is 0 Å². The van der Waals surface area contributed by atoms with Gasteiger partial charge in [-0.15, -0.1) is 11.3 Å². The van der Waals surface area contributed by atoms with Crippen LogP contribution < -0.4 is 0 Å². The number of benzene rings is 1. The predicted octanol–water partition coefficient (Wildman–Crippen LogP) is 4.43. The zero-order chi connectivity index (χ0) is 7.84. The van der Waals surface area contributed by atoms with Crippen molar-refractivity contribution in [2.75, 3.05) is 0 Å². The first kappa shape index (κ1) is 7.77. The highest BCUT2D eigenvalue weighted by Gasteiger charge is 2.00. The fourth-order valence-electron chi connectivity index (χ4n) is 0.994. The summed E-state index contributed by atoms with van der Waals surface area (Å²) in [6, 6.07) is 8.36. The van der Waals surface area contributed by atoms with Gasteiger partial charge < -0.3 is 0 Å². The average molecular weight is 292 g/mol. The number of fused-ring (bicyclic) bond motifs is 1. The standard InChI is InChI=1S/C8H4Br2S/c9-6-2-1-3-7-5(6)4-8(10)11-7/h1-4H. The van der Waals surface area contributed by atoms with Gasteiger partial charge in [0.1, 0.15) is 0 Å². The molecule has 0 bridgehead atoms. The SMILES string of the molecule is Brc1cc2c(Br)cccc2s1. The summed E-state index contributed by atoms with van der Waals surface area (Å²) in [6.45, 7) is 0. The number of thiophene rings is 1. The summed E-state index contributed by atoms with van der Waals surface area (Å²) >= 11 is 8.71. The van der Waals surface area contributed by atoms with Gasteiger partial charge in [0.15, 0.2) is 0 Å². The van der Waals surface area contributed by atoms with Gasteiger partial charge in [-0.25, -0.2) is 0 Å². The molecule has 11 heavy (non-hydrogen) atoms. The van der Waals surface area contributed by atoms with Crippen molar-refractivity contribution >= 4 is 53.3 Å². The monoisotopic (exact) mass is 290 g/mol. The Morgan fingerprint density at radius 1 is 1.18 bits per heavy atom. The summed E-state index contributed by atoms with van der Waals surface area (Å²) in [5.41, 5.74) is 0. The van der Waals surface area contributed by atoms with E-state index >= 15 is 0 Å². The van der Waals surface area contributed by atoms with Crippen molar-refractivity contribution < 1.29 is 0 Å². The van der Waals surface area contributed by atoms with Crippen LogP contribution in [0.4, 0.5) is 0 Å². The van der Waals surface area contributed by atoms with E-state index in [1.165, 1.54) is 13.9 Å². The minimum Gasteiger partial charge on any atom is -0.128 e. The summed E-state index contributed by atoms with van der Waals surface area (Å²) in [7, 11) is 0. The highest BCUT2D eigenvalue weighted by Crippen LogP contribution is 2.33. The van der Waals surface area contributed by atoms with Gasteiger partial charge in [0.25, 0.3) is 0 Å². The Bertz CT molecular complexity index is 392. The van der Waals surface area contributed by atoms with Crippen LogP contribution in [0.3, 0.4) is 0 Å². The number of hydrogen-bond donors (Lipinski definition) is 0. The molecule has 0 spiro atoms. The maximum Gasteiger partial charge on any atom is 0.0711 e. The zero-order valence-corrected chi connectivity index (χ0v) is 9.46. The second kappa shape index (κ2) is 2.88.